The Morgan fingerprint density at radius 3 is 2.67 bits per heavy atom. The lowest BCUT2D eigenvalue weighted by molar-refractivity contribution is -0.141. The molecule has 1 fully saturated rings. The zero-order chi connectivity index (χ0) is 17.3. The van der Waals surface area contributed by atoms with Crippen LogP contribution >= 0.6 is 11.3 Å². The third-order valence-electron chi connectivity index (χ3n) is 4.71. The monoisotopic (exact) mass is 343 g/mol. The Balaban J connectivity index is 1.78. The number of rotatable bonds is 5. The predicted octanol–water partition coefficient (Wildman–Crippen LogP) is 3.56. The molecule has 2 heterocycles. The highest BCUT2D eigenvalue weighted by Crippen LogP contribution is 2.35. The van der Waals surface area contributed by atoms with Crippen LogP contribution in [0.3, 0.4) is 0 Å². The van der Waals surface area contributed by atoms with E-state index in [1.807, 2.05) is 42.6 Å². The number of carbonyl (C=O) groups is 2. The van der Waals surface area contributed by atoms with Gasteiger partial charge in [-0.3, -0.25) is 14.5 Å². The molecule has 1 aliphatic heterocycles. The van der Waals surface area contributed by atoms with Gasteiger partial charge in [0, 0.05) is 25.6 Å². The van der Waals surface area contributed by atoms with E-state index in [1.165, 1.54) is 11.3 Å². The van der Waals surface area contributed by atoms with Gasteiger partial charge in [0.2, 0.25) is 0 Å². The van der Waals surface area contributed by atoms with E-state index in [1.54, 1.807) is 6.92 Å². The largest absolute Gasteiger partial charge is 0.481 e. The molecule has 2 aromatic rings. The second kappa shape index (κ2) is 6.87. The molecule has 4 nitrogen and oxygen atoms in total. The van der Waals surface area contributed by atoms with E-state index in [9.17, 15) is 14.7 Å². The van der Waals surface area contributed by atoms with Gasteiger partial charge in [-0.05, 0) is 42.0 Å². The van der Waals surface area contributed by atoms with Gasteiger partial charge in [0.25, 0.3) is 0 Å². The number of hydrogen-bond acceptors (Lipinski definition) is 4. The molecule has 2 atom stereocenters. The molecule has 1 aromatic carbocycles. The van der Waals surface area contributed by atoms with Crippen LogP contribution in [-0.4, -0.2) is 34.8 Å². The number of Topliss-reactive ketones (excluding diaryl/α,β-unsaturated/α-hetero) is 1. The van der Waals surface area contributed by atoms with Crippen LogP contribution in [0.5, 0.6) is 0 Å². The van der Waals surface area contributed by atoms with Crippen LogP contribution in [0, 0.1) is 12.8 Å². The van der Waals surface area contributed by atoms with Gasteiger partial charge in [-0.15, -0.1) is 11.3 Å². The molecule has 1 aromatic heterocycles. The van der Waals surface area contributed by atoms with Gasteiger partial charge < -0.3 is 5.11 Å². The summed E-state index contributed by atoms with van der Waals surface area (Å²) in [6.07, 6.45) is 0. The third kappa shape index (κ3) is 3.42. The molecule has 1 N–H and O–H groups in total. The van der Waals surface area contributed by atoms with E-state index in [-0.39, 0.29) is 11.7 Å². The van der Waals surface area contributed by atoms with Crippen LogP contribution in [0.4, 0.5) is 0 Å². The zero-order valence-corrected chi connectivity index (χ0v) is 14.7. The molecular weight excluding hydrogens is 322 g/mol. The first kappa shape index (κ1) is 16.9. The van der Waals surface area contributed by atoms with Crippen molar-refractivity contribution in [2.75, 3.05) is 13.1 Å². The fourth-order valence-corrected chi connectivity index (χ4v) is 4.29. The van der Waals surface area contributed by atoms with Gasteiger partial charge in [-0.2, -0.15) is 0 Å². The number of carboxylic acid groups (broad SMARTS) is 1. The molecule has 1 aliphatic rings. The lowest BCUT2D eigenvalue weighted by atomic mass is 9.86. The number of thiophene rings is 1. The molecule has 0 aliphatic carbocycles. The number of nitrogens with zero attached hydrogens (tertiary/aromatic N) is 1. The highest BCUT2D eigenvalue weighted by atomic mass is 32.1. The molecule has 126 valence electrons. The maximum absolute atomic E-state index is 11.7. The van der Waals surface area contributed by atoms with Crippen molar-refractivity contribution in [3.05, 3.63) is 57.3 Å². The van der Waals surface area contributed by atoms with Crippen LogP contribution in [0.1, 0.15) is 39.2 Å². The SMILES string of the molecule is CC(=O)c1cc(CN2C[C@@H](C(=O)O)[C@H](c3ccccc3C)C2)cs1. The number of likely N-dealkylation sites (tertiary alicyclic amines) is 1. The van der Waals surface area contributed by atoms with Crippen molar-refractivity contribution < 1.29 is 14.7 Å². The summed E-state index contributed by atoms with van der Waals surface area (Å²) >= 11 is 1.46. The second-order valence-corrected chi connectivity index (χ2v) is 7.39. The summed E-state index contributed by atoms with van der Waals surface area (Å²) in [6, 6.07) is 9.95. The minimum Gasteiger partial charge on any atom is -0.481 e. The number of aryl methyl sites for hydroxylation is 1. The summed E-state index contributed by atoms with van der Waals surface area (Å²) in [5.41, 5.74) is 3.35. The molecular formula is C19H21NO3S. The molecule has 3 rings (SSSR count). The summed E-state index contributed by atoms with van der Waals surface area (Å²) in [4.78, 5) is 26.1. The Morgan fingerprint density at radius 1 is 1.29 bits per heavy atom. The van der Waals surface area contributed by atoms with Crippen LogP contribution in [0.25, 0.3) is 0 Å². The Kier molecular flexibility index (Phi) is 4.83. The van der Waals surface area contributed by atoms with Gasteiger partial charge in [0.15, 0.2) is 5.78 Å². The van der Waals surface area contributed by atoms with E-state index in [2.05, 4.69) is 4.90 Å². The molecule has 0 unspecified atom stereocenters. The molecule has 1 saturated heterocycles. The first-order valence-corrected chi connectivity index (χ1v) is 8.92. The number of benzene rings is 1. The van der Waals surface area contributed by atoms with Crippen molar-refractivity contribution in [1.29, 1.82) is 0 Å². The smallest absolute Gasteiger partial charge is 0.308 e. The molecule has 0 spiro atoms. The first-order valence-electron chi connectivity index (χ1n) is 8.04. The van der Waals surface area contributed by atoms with E-state index in [4.69, 9.17) is 0 Å². The van der Waals surface area contributed by atoms with Crippen LogP contribution < -0.4 is 0 Å². The molecule has 24 heavy (non-hydrogen) atoms. The lowest BCUT2D eigenvalue weighted by Crippen LogP contribution is -2.23. The number of aliphatic carboxylic acids is 1. The maximum Gasteiger partial charge on any atom is 0.308 e. The van der Waals surface area contributed by atoms with Crippen molar-refractivity contribution >= 4 is 23.1 Å². The highest BCUT2D eigenvalue weighted by Gasteiger charge is 2.38. The average Bonchev–Trinajstić information content (AvgIpc) is 3.15. The van der Waals surface area contributed by atoms with E-state index in [0.717, 1.165) is 28.1 Å². The molecule has 0 saturated carbocycles. The number of hydrogen-bond donors (Lipinski definition) is 1. The highest BCUT2D eigenvalue weighted by molar-refractivity contribution is 7.12. The molecule has 0 bridgehead atoms. The topological polar surface area (TPSA) is 57.6 Å². The minimum atomic E-state index is -0.736. The summed E-state index contributed by atoms with van der Waals surface area (Å²) in [5.74, 6) is -1.04. The van der Waals surface area contributed by atoms with Crippen LogP contribution in [-0.2, 0) is 11.3 Å². The Bertz CT molecular complexity index is 767. The second-order valence-electron chi connectivity index (χ2n) is 6.48. The standard InChI is InChI=1S/C19H21NO3S/c1-12-5-3-4-6-15(12)16-9-20(10-17(16)19(22)23)8-14-7-18(13(2)21)24-11-14/h3-7,11,16-17H,8-10H2,1-2H3,(H,22,23)/t16-,17+/m0/s1. The van der Waals surface area contributed by atoms with E-state index in [0.29, 0.717) is 13.1 Å². The number of carboxylic acids is 1. The molecule has 0 amide bonds. The maximum atomic E-state index is 11.7. The van der Waals surface area contributed by atoms with Crippen LogP contribution in [0.15, 0.2) is 35.7 Å². The zero-order valence-electron chi connectivity index (χ0n) is 13.9. The summed E-state index contributed by atoms with van der Waals surface area (Å²) in [7, 11) is 0. The van der Waals surface area contributed by atoms with Crippen molar-refractivity contribution in [1.82, 2.24) is 4.90 Å². The summed E-state index contributed by atoms with van der Waals surface area (Å²) in [6.45, 7) is 5.57. The Labute approximate surface area is 145 Å². The molecule has 0 radical (unpaired) electrons. The third-order valence-corrected chi connectivity index (χ3v) is 5.79. The van der Waals surface area contributed by atoms with Crippen molar-refractivity contribution in [3.8, 4) is 0 Å². The first-order chi connectivity index (χ1) is 11.5. The average molecular weight is 343 g/mol. The Hall–Kier alpha value is -1.98. The quantitative estimate of drug-likeness (QED) is 0.844. The van der Waals surface area contributed by atoms with Gasteiger partial charge >= 0.3 is 5.97 Å². The fraction of sp³-hybridized carbons (Fsp3) is 0.368. The number of carbonyl (C=O) groups excluding carboxylic acids is 1. The Morgan fingerprint density at radius 2 is 2.04 bits per heavy atom. The van der Waals surface area contributed by atoms with E-state index < -0.39 is 11.9 Å². The normalized spacial score (nSPS) is 21.1. The predicted molar refractivity (Wildman–Crippen MR) is 94.6 cm³/mol. The fourth-order valence-electron chi connectivity index (χ4n) is 3.48. The van der Waals surface area contributed by atoms with E-state index >= 15 is 0 Å². The van der Waals surface area contributed by atoms with Gasteiger partial charge in [0.05, 0.1) is 10.8 Å². The van der Waals surface area contributed by atoms with Crippen LogP contribution in [0.2, 0.25) is 0 Å². The van der Waals surface area contributed by atoms with Gasteiger partial charge in [-0.1, -0.05) is 24.3 Å². The summed E-state index contributed by atoms with van der Waals surface area (Å²) in [5, 5.41) is 11.6. The van der Waals surface area contributed by atoms with Crippen molar-refractivity contribution in [2.45, 2.75) is 26.3 Å². The minimum absolute atomic E-state index is 0.00890. The number of ketones is 1. The summed E-state index contributed by atoms with van der Waals surface area (Å²) < 4.78 is 0. The van der Waals surface area contributed by atoms with Crippen molar-refractivity contribution in [3.63, 3.8) is 0 Å². The lowest BCUT2D eigenvalue weighted by Gasteiger charge is -2.17. The van der Waals surface area contributed by atoms with Crippen molar-refractivity contribution in [2.24, 2.45) is 5.92 Å². The molecule has 5 heteroatoms. The van der Waals surface area contributed by atoms with Gasteiger partial charge in [-0.25, -0.2) is 0 Å². The van der Waals surface area contributed by atoms with Gasteiger partial charge in [0.1, 0.15) is 0 Å².